The Balaban J connectivity index is 2.78. The monoisotopic (exact) mass is 336 g/mol. The van der Waals surface area contributed by atoms with Crippen LogP contribution in [0.5, 0.6) is 0 Å². The van der Waals surface area contributed by atoms with E-state index in [-0.39, 0.29) is 18.7 Å². The molecule has 0 aliphatic carbocycles. The molecule has 1 N–H and O–H groups in total. The number of carbonyl (C=O) groups is 2. The van der Waals surface area contributed by atoms with Gasteiger partial charge in [-0.25, -0.2) is 4.79 Å². The summed E-state index contributed by atoms with van der Waals surface area (Å²) in [7, 11) is 0. The van der Waals surface area contributed by atoms with Gasteiger partial charge in [-0.3, -0.25) is 14.6 Å². The van der Waals surface area contributed by atoms with Crippen molar-refractivity contribution in [3.63, 3.8) is 0 Å². The number of nitro benzene ring substituents is 1. The molecule has 0 saturated carbocycles. The van der Waals surface area contributed by atoms with Crippen LogP contribution in [0.15, 0.2) is 18.2 Å². The van der Waals surface area contributed by atoms with Crippen molar-refractivity contribution in [2.24, 2.45) is 0 Å². The van der Waals surface area contributed by atoms with Gasteiger partial charge in [0.2, 0.25) is 5.54 Å². The molecule has 0 radical (unpaired) electrons. The molecular weight excluding hydrogens is 316 g/mol. The molecule has 1 aliphatic rings. The van der Waals surface area contributed by atoms with Crippen LogP contribution in [0.25, 0.3) is 0 Å². The molecule has 0 fully saturated rings. The van der Waals surface area contributed by atoms with Crippen molar-refractivity contribution in [1.29, 1.82) is 0 Å². The Labute approximate surface area is 139 Å². The van der Waals surface area contributed by atoms with Gasteiger partial charge in [0.25, 0.3) is 11.8 Å². The minimum absolute atomic E-state index is 0.0547. The zero-order valence-electron chi connectivity index (χ0n) is 14.0. The predicted octanol–water partition coefficient (Wildman–Crippen LogP) is 1.45. The first kappa shape index (κ1) is 17.9. The number of rotatable bonds is 2. The van der Waals surface area contributed by atoms with Gasteiger partial charge in [0, 0.05) is 31.0 Å². The largest absolute Gasteiger partial charge is 0.498 e. The van der Waals surface area contributed by atoms with E-state index in [2.05, 4.69) is 0 Å². The molecule has 1 unspecified atom stereocenters. The van der Waals surface area contributed by atoms with E-state index >= 15 is 0 Å². The summed E-state index contributed by atoms with van der Waals surface area (Å²) < 4.78 is -0.844. The van der Waals surface area contributed by atoms with Crippen molar-refractivity contribution in [3.8, 4) is 0 Å². The number of carbonyl (C=O) groups excluding carboxylic acids is 1. The Bertz CT molecular complexity index is 739. The number of aliphatic carboxylic acids is 1. The highest BCUT2D eigenvalue weighted by Crippen LogP contribution is 2.45. The minimum atomic E-state index is -1.65. The van der Waals surface area contributed by atoms with Crippen LogP contribution >= 0.6 is 0 Å². The topological polar surface area (TPSA) is 121 Å². The second-order valence-corrected chi connectivity index (χ2v) is 7.37. The summed E-state index contributed by atoms with van der Waals surface area (Å²) in [5.41, 5.74) is -1.74. The van der Waals surface area contributed by atoms with E-state index in [1.165, 1.54) is 25.1 Å². The summed E-state index contributed by atoms with van der Waals surface area (Å²) in [4.78, 5) is 34.6. The summed E-state index contributed by atoms with van der Waals surface area (Å²) in [5, 5.41) is 32.9. The highest BCUT2D eigenvalue weighted by molar-refractivity contribution is 5.80. The number of nitro groups is 1. The van der Waals surface area contributed by atoms with Gasteiger partial charge in [-0.15, -0.1) is 0 Å². The lowest BCUT2D eigenvalue weighted by molar-refractivity contribution is -0.968. The summed E-state index contributed by atoms with van der Waals surface area (Å²) in [6, 6.07) is 4.12. The van der Waals surface area contributed by atoms with Crippen LogP contribution in [0.1, 0.15) is 38.8 Å². The number of amides is 1. The number of hydrogen-bond acceptors (Lipinski definition) is 5. The Hall–Kier alpha value is -2.48. The normalized spacial score (nSPS) is 26.5. The number of nitrogens with zero attached hydrogens (tertiary/aromatic N) is 2. The van der Waals surface area contributed by atoms with Gasteiger partial charge in [-0.1, -0.05) is 6.07 Å². The molecule has 8 nitrogen and oxygen atoms in total. The number of fused-ring (bicyclic) bond motifs is 1. The Kier molecular flexibility index (Phi) is 3.92. The van der Waals surface area contributed by atoms with Crippen molar-refractivity contribution in [1.82, 2.24) is 0 Å². The molecule has 0 bridgehead atoms. The molecule has 8 heteroatoms. The van der Waals surface area contributed by atoms with E-state index in [1.54, 1.807) is 20.8 Å². The van der Waals surface area contributed by atoms with Gasteiger partial charge in [0.05, 0.1) is 10.5 Å². The molecule has 1 aromatic carbocycles. The zero-order valence-corrected chi connectivity index (χ0v) is 14.0. The fourth-order valence-electron chi connectivity index (χ4n) is 3.74. The summed E-state index contributed by atoms with van der Waals surface area (Å²) in [5.74, 6) is -1.24. The smallest absolute Gasteiger partial charge is 0.366 e. The molecule has 0 spiro atoms. The van der Waals surface area contributed by atoms with Crippen LogP contribution in [0.2, 0.25) is 0 Å². The molecule has 2 rings (SSSR count). The van der Waals surface area contributed by atoms with E-state index in [0.29, 0.717) is 11.1 Å². The number of non-ortho nitro benzene ring substituents is 1. The van der Waals surface area contributed by atoms with Crippen LogP contribution in [0.4, 0.5) is 10.5 Å². The first-order valence-corrected chi connectivity index (χ1v) is 7.46. The fourth-order valence-corrected chi connectivity index (χ4v) is 3.74. The molecule has 24 heavy (non-hydrogen) atoms. The third-order valence-corrected chi connectivity index (χ3v) is 5.10. The Morgan fingerprint density at radius 2 is 1.88 bits per heavy atom. The molecule has 2 atom stereocenters. The van der Waals surface area contributed by atoms with E-state index < -0.39 is 32.5 Å². The molecule has 0 saturated heterocycles. The van der Waals surface area contributed by atoms with E-state index in [9.17, 15) is 29.9 Å². The van der Waals surface area contributed by atoms with Gasteiger partial charge in [0.1, 0.15) is 6.54 Å². The van der Waals surface area contributed by atoms with Gasteiger partial charge in [0.15, 0.2) is 0 Å². The Morgan fingerprint density at radius 1 is 1.29 bits per heavy atom. The van der Waals surface area contributed by atoms with E-state index in [1.807, 2.05) is 0 Å². The maximum atomic E-state index is 12.1. The molecule has 0 aromatic heterocycles. The summed E-state index contributed by atoms with van der Waals surface area (Å²) >= 11 is 0. The Morgan fingerprint density at radius 3 is 2.29 bits per heavy atom. The molecule has 1 aromatic rings. The number of hydrogen-bond donors (Lipinski definition) is 1. The molecule has 1 heterocycles. The second kappa shape index (κ2) is 5.27. The lowest BCUT2D eigenvalue weighted by Gasteiger charge is -2.58. The summed E-state index contributed by atoms with van der Waals surface area (Å²) in [6.07, 6.45) is -1.56. The third kappa shape index (κ3) is 2.25. The average molecular weight is 336 g/mol. The molecular formula is C16H20N2O6. The van der Waals surface area contributed by atoms with Crippen molar-refractivity contribution in [2.75, 3.05) is 0 Å². The number of benzene rings is 1. The maximum absolute atomic E-state index is 12.1. The lowest BCUT2D eigenvalue weighted by atomic mass is 9.77. The maximum Gasteiger partial charge on any atom is 0.366 e. The highest BCUT2D eigenvalue weighted by atomic mass is 16.6. The van der Waals surface area contributed by atoms with Crippen molar-refractivity contribution >= 4 is 17.7 Å². The summed E-state index contributed by atoms with van der Waals surface area (Å²) in [6.45, 7) is 6.09. The van der Waals surface area contributed by atoms with E-state index in [4.69, 9.17) is 0 Å². The fraction of sp³-hybridized carbons (Fsp3) is 0.500. The van der Waals surface area contributed by atoms with Crippen molar-refractivity contribution < 1.29 is 29.2 Å². The minimum Gasteiger partial charge on any atom is -0.498 e. The zero-order chi connectivity index (χ0) is 18.5. The molecule has 1 aliphatic heterocycles. The van der Waals surface area contributed by atoms with Crippen molar-refractivity contribution in [2.45, 2.75) is 51.7 Å². The van der Waals surface area contributed by atoms with Gasteiger partial charge in [-0.2, -0.15) is 0 Å². The first-order chi connectivity index (χ1) is 10.9. The average Bonchev–Trinajstić information content (AvgIpc) is 2.43. The standard InChI is InChI=1S/C16H20N2O6/c1-15(2,3)18(14(21)22)9-11-7-12(17(23)24)6-5-10(11)8-16(18,4)13(19)20/h5-7H,8-9H2,1-4H3,(H-,19,20,21,22)/t16?,18-/m0/s1. The number of carboxylic acid groups (broad SMARTS) is 2. The number of quaternary nitrogens is 1. The predicted molar refractivity (Wildman–Crippen MR) is 82.0 cm³/mol. The van der Waals surface area contributed by atoms with Gasteiger partial charge < -0.3 is 15.0 Å². The first-order valence-electron chi connectivity index (χ1n) is 7.46. The lowest BCUT2D eigenvalue weighted by Crippen LogP contribution is -2.80. The quantitative estimate of drug-likeness (QED) is 0.496. The number of carboxylic acids is 1. The van der Waals surface area contributed by atoms with Gasteiger partial charge in [-0.05, 0) is 26.3 Å². The van der Waals surface area contributed by atoms with Crippen LogP contribution in [0.3, 0.4) is 0 Å². The van der Waals surface area contributed by atoms with Crippen LogP contribution < -0.4 is 5.11 Å². The van der Waals surface area contributed by atoms with Crippen LogP contribution in [-0.2, 0) is 17.8 Å². The van der Waals surface area contributed by atoms with Crippen molar-refractivity contribution in [3.05, 3.63) is 39.4 Å². The SMILES string of the molecule is CC(C)(C)[N@@+]1(C(=O)[O-])Cc2cc([N+](=O)[O-])ccc2CC1(C)C(=O)O. The van der Waals surface area contributed by atoms with Crippen LogP contribution in [-0.4, -0.2) is 37.7 Å². The van der Waals surface area contributed by atoms with E-state index in [0.717, 1.165) is 0 Å². The van der Waals surface area contributed by atoms with Crippen LogP contribution in [0, 0.1) is 10.1 Å². The molecule has 1 amide bonds. The van der Waals surface area contributed by atoms with Gasteiger partial charge >= 0.3 is 5.97 Å². The third-order valence-electron chi connectivity index (χ3n) is 5.10. The second-order valence-electron chi connectivity index (χ2n) is 7.37. The molecule has 130 valence electrons. The highest BCUT2D eigenvalue weighted by Gasteiger charge is 2.63.